The quantitative estimate of drug-likeness (QED) is 0.743. The van der Waals surface area contributed by atoms with E-state index in [1.165, 1.54) is 11.3 Å². The summed E-state index contributed by atoms with van der Waals surface area (Å²) in [5.74, 6) is 0.0368. The molecule has 1 aromatic heterocycles. The molecule has 2 heterocycles. The second-order valence-electron chi connectivity index (χ2n) is 3.37. The molecule has 0 aromatic carbocycles. The van der Waals surface area contributed by atoms with Crippen LogP contribution in [0.2, 0.25) is 0 Å². The third-order valence-corrected chi connectivity index (χ3v) is 3.40. The fraction of sp³-hybridized carbons (Fsp3) is 0.556. The van der Waals surface area contributed by atoms with Crippen LogP contribution in [0.15, 0.2) is 0 Å². The number of rotatable bonds is 1. The Balaban J connectivity index is 2.40. The van der Waals surface area contributed by atoms with Crippen LogP contribution in [0.3, 0.4) is 0 Å². The second kappa shape index (κ2) is 3.67. The molecule has 1 aliphatic heterocycles. The van der Waals surface area contributed by atoms with Crippen LogP contribution in [0.1, 0.15) is 26.8 Å². The smallest absolute Gasteiger partial charge is 0.265 e. The van der Waals surface area contributed by atoms with Crippen LogP contribution >= 0.6 is 11.3 Å². The zero-order valence-corrected chi connectivity index (χ0v) is 8.80. The third-order valence-electron chi connectivity index (χ3n) is 2.32. The summed E-state index contributed by atoms with van der Waals surface area (Å²) in [7, 11) is 1.80. The van der Waals surface area contributed by atoms with Gasteiger partial charge in [-0.3, -0.25) is 4.79 Å². The number of hydrogen-bond acceptors (Lipinski definition) is 4. The van der Waals surface area contributed by atoms with Crippen molar-refractivity contribution in [1.29, 1.82) is 0 Å². The lowest BCUT2D eigenvalue weighted by Crippen LogP contribution is -2.25. The molecular formula is C9H12N2O2S. The van der Waals surface area contributed by atoms with Gasteiger partial charge in [-0.05, 0) is 12.8 Å². The van der Waals surface area contributed by atoms with E-state index in [0.29, 0.717) is 9.88 Å². The van der Waals surface area contributed by atoms with Crippen LogP contribution in [0.5, 0.6) is 0 Å². The van der Waals surface area contributed by atoms with Crippen LogP contribution < -0.4 is 0 Å². The summed E-state index contributed by atoms with van der Waals surface area (Å²) in [6.45, 7) is 0.713. The molecule has 0 bridgehead atoms. The van der Waals surface area contributed by atoms with Gasteiger partial charge in [0.05, 0.1) is 12.3 Å². The largest absolute Gasteiger partial charge is 0.389 e. The highest BCUT2D eigenvalue weighted by molar-refractivity contribution is 7.13. The maximum absolute atomic E-state index is 11.8. The SMILES string of the molecule is CN1CCCc2nc(CO)sc2C1=O. The summed E-state index contributed by atoms with van der Waals surface area (Å²) in [5.41, 5.74) is 0.855. The van der Waals surface area contributed by atoms with Gasteiger partial charge in [0.15, 0.2) is 0 Å². The van der Waals surface area contributed by atoms with Gasteiger partial charge in [-0.2, -0.15) is 0 Å². The van der Waals surface area contributed by atoms with Crippen LogP contribution in [-0.2, 0) is 13.0 Å². The number of nitrogens with zero attached hydrogens (tertiary/aromatic N) is 2. The number of fused-ring (bicyclic) bond motifs is 1. The third kappa shape index (κ3) is 1.53. The number of aliphatic hydroxyl groups excluding tert-OH is 1. The number of amides is 1. The van der Waals surface area contributed by atoms with Crippen molar-refractivity contribution >= 4 is 17.2 Å². The maximum atomic E-state index is 11.8. The lowest BCUT2D eigenvalue weighted by Gasteiger charge is -2.12. The molecule has 1 aliphatic rings. The van der Waals surface area contributed by atoms with Gasteiger partial charge in [-0.1, -0.05) is 0 Å². The molecule has 0 radical (unpaired) electrons. The topological polar surface area (TPSA) is 53.4 Å². The van der Waals surface area contributed by atoms with Crippen molar-refractivity contribution in [3.63, 3.8) is 0 Å². The summed E-state index contributed by atoms with van der Waals surface area (Å²) in [5, 5.41) is 9.57. The molecule has 0 saturated heterocycles. The minimum absolute atomic E-state index is 0.0368. The van der Waals surface area contributed by atoms with E-state index in [1.807, 2.05) is 0 Å². The van der Waals surface area contributed by atoms with Crippen molar-refractivity contribution in [2.45, 2.75) is 19.4 Å². The highest BCUT2D eigenvalue weighted by Gasteiger charge is 2.23. The van der Waals surface area contributed by atoms with Gasteiger partial charge in [-0.15, -0.1) is 11.3 Å². The molecule has 1 N–H and O–H groups in total. The molecule has 5 heteroatoms. The molecule has 1 amide bonds. The molecule has 1 aromatic rings. The molecule has 0 atom stereocenters. The Morgan fingerprint density at radius 1 is 1.64 bits per heavy atom. The van der Waals surface area contributed by atoms with E-state index < -0.39 is 0 Å². The lowest BCUT2D eigenvalue weighted by atomic mass is 10.2. The molecule has 2 rings (SSSR count). The number of carbonyl (C=O) groups excluding carboxylic acids is 1. The van der Waals surface area contributed by atoms with Crippen molar-refractivity contribution in [2.24, 2.45) is 0 Å². The number of carbonyl (C=O) groups is 1. The molecule has 0 aliphatic carbocycles. The van der Waals surface area contributed by atoms with Gasteiger partial charge in [-0.25, -0.2) is 4.98 Å². The Labute approximate surface area is 86.2 Å². The second-order valence-corrected chi connectivity index (χ2v) is 4.46. The maximum Gasteiger partial charge on any atom is 0.265 e. The van der Waals surface area contributed by atoms with E-state index >= 15 is 0 Å². The highest BCUT2D eigenvalue weighted by atomic mass is 32.1. The Morgan fingerprint density at radius 2 is 2.43 bits per heavy atom. The van der Waals surface area contributed by atoms with E-state index in [0.717, 1.165) is 25.1 Å². The van der Waals surface area contributed by atoms with Gasteiger partial charge < -0.3 is 10.0 Å². The van der Waals surface area contributed by atoms with Crippen molar-refractivity contribution in [3.05, 3.63) is 15.6 Å². The number of thiazole rings is 1. The highest BCUT2D eigenvalue weighted by Crippen LogP contribution is 2.24. The minimum Gasteiger partial charge on any atom is -0.389 e. The molecule has 0 unspecified atom stereocenters. The van der Waals surface area contributed by atoms with Gasteiger partial charge >= 0.3 is 0 Å². The average Bonchev–Trinajstić information content (AvgIpc) is 2.55. The van der Waals surface area contributed by atoms with Crippen LogP contribution in [0, 0.1) is 0 Å². The molecule has 4 nitrogen and oxygen atoms in total. The van der Waals surface area contributed by atoms with Gasteiger partial charge in [0.2, 0.25) is 0 Å². The monoisotopic (exact) mass is 212 g/mol. The zero-order valence-electron chi connectivity index (χ0n) is 7.99. The number of aliphatic hydroxyl groups is 1. The normalized spacial score (nSPS) is 16.7. The molecule has 0 fully saturated rings. The fourth-order valence-corrected chi connectivity index (χ4v) is 2.53. The molecule has 0 spiro atoms. The number of aromatic nitrogens is 1. The van der Waals surface area contributed by atoms with E-state index in [2.05, 4.69) is 4.98 Å². The van der Waals surface area contributed by atoms with Crippen LogP contribution in [0.4, 0.5) is 0 Å². The standard InChI is InChI=1S/C9H12N2O2S/c1-11-4-2-3-6-8(9(11)13)14-7(5-12)10-6/h12H,2-5H2,1H3. The average molecular weight is 212 g/mol. The first-order valence-corrected chi connectivity index (χ1v) is 5.39. The number of hydrogen-bond donors (Lipinski definition) is 1. The number of aryl methyl sites for hydroxylation is 1. The Bertz CT molecular complexity index is 362. The molecule has 14 heavy (non-hydrogen) atoms. The van der Waals surface area contributed by atoms with Gasteiger partial charge in [0, 0.05) is 13.6 Å². The molecule has 0 saturated carbocycles. The summed E-state index contributed by atoms with van der Waals surface area (Å²) < 4.78 is 0. The Kier molecular flexibility index (Phi) is 2.52. The summed E-state index contributed by atoms with van der Waals surface area (Å²) >= 11 is 1.31. The van der Waals surface area contributed by atoms with Crippen molar-refractivity contribution in [3.8, 4) is 0 Å². The first-order valence-electron chi connectivity index (χ1n) is 4.57. The summed E-state index contributed by atoms with van der Waals surface area (Å²) in [6.07, 6.45) is 1.78. The van der Waals surface area contributed by atoms with Gasteiger partial charge in [0.25, 0.3) is 5.91 Å². The van der Waals surface area contributed by atoms with E-state index in [4.69, 9.17) is 5.11 Å². The van der Waals surface area contributed by atoms with Crippen LogP contribution in [0.25, 0.3) is 0 Å². The first kappa shape index (κ1) is 9.61. The van der Waals surface area contributed by atoms with E-state index in [1.54, 1.807) is 11.9 Å². The van der Waals surface area contributed by atoms with Crippen molar-refractivity contribution in [2.75, 3.05) is 13.6 Å². The fourth-order valence-electron chi connectivity index (χ4n) is 1.56. The van der Waals surface area contributed by atoms with Gasteiger partial charge in [0.1, 0.15) is 9.88 Å². The Morgan fingerprint density at radius 3 is 3.14 bits per heavy atom. The minimum atomic E-state index is -0.0747. The Hall–Kier alpha value is -0.940. The van der Waals surface area contributed by atoms with Crippen molar-refractivity contribution in [1.82, 2.24) is 9.88 Å². The lowest BCUT2D eigenvalue weighted by molar-refractivity contribution is 0.0804. The van der Waals surface area contributed by atoms with E-state index in [-0.39, 0.29) is 12.5 Å². The van der Waals surface area contributed by atoms with Crippen molar-refractivity contribution < 1.29 is 9.90 Å². The van der Waals surface area contributed by atoms with Crippen LogP contribution in [-0.4, -0.2) is 34.5 Å². The molecular weight excluding hydrogens is 200 g/mol. The summed E-state index contributed by atoms with van der Waals surface area (Å²) in [6, 6.07) is 0. The predicted octanol–water partition coefficient (Wildman–Crippen LogP) is 0.654. The first-order chi connectivity index (χ1) is 6.72. The zero-order chi connectivity index (χ0) is 10.1. The predicted molar refractivity (Wildman–Crippen MR) is 53.3 cm³/mol. The van der Waals surface area contributed by atoms with E-state index in [9.17, 15) is 4.79 Å². The molecule has 76 valence electrons. The summed E-state index contributed by atoms with van der Waals surface area (Å²) in [4.78, 5) is 18.4.